The lowest BCUT2D eigenvalue weighted by Gasteiger charge is -2.09. The monoisotopic (exact) mass is 481 g/mol. The molecule has 0 aliphatic rings. The number of halogens is 1. The van der Waals surface area contributed by atoms with Crippen molar-refractivity contribution in [2.45, 2.75) is 0 Å². The van der Waals surface area contributed by atoms with Crippen LogP contribution in [0.5, 0.6) is 0 Å². The molecule has 1 heterocycles. The van der Waals surface area contributed by atoms with Crippen molar-refractivity contribution in [3.63, 3.8) is 0 Å². The fourth-order valence-electron chi connectivity index (χ4n) is 4.86. The van der Waals surface area contributed by atoms with Gasteiger partial charge in [0.2, 0.25) is 5.89 Å². The van der Waals surface area contributed by atoms with Crippen LogP contribution in [0.25, 0.3) is 66.4 Å². The van der Waals surface area contributed by atoms with Gasteiger partial charge in [0, 0.05) is 16.1 Å². The molecule has 0 amide bonds. The van der Waals surface area contributed by atoms with Crippen LogP contribution in [0.3, 0.4) is 0 Å². The Morgan fingerprint density at radius 3 is 1.78 bits per heavy atom. The molecular formula is C33H20ClNO. The van der Waals surface area contributed by atoms with Crippen LogP contribution in [0.1, 0.15) is 0 Å². The zero-order valence-electron chi connectivity index (χ0n) is 19.3. The maximum Gasteiger partial charge on any atom is 0.227 e. The molecule has 6 aromatic carbocycles. The molecule has 0 bridgehead atoms. The smallest absolute Gasteiger partial charge is 0.227 e. The van der Waals surface area contributed by atoms with Crippen LogP contribution in [-0.4, -0.2) is 4.98 Å². The van der Waals surface area contributed by atoms with Gasteiger partial charge in [0.1, 0.15) is 5.52 Å². The summed E-state index contributed by atoms with van der Waals surface area (Å²) >= 11 is 6.11. The molecule has 0 aliphatic carbocycles. The standard InChI is InChI=1S/C33H20ClNO/c34-29-15-13-23(14-16-29)33-35-32-30(27-12-10-22-6-2-4-8-25(22)18-27)19-28(20-31(32)36-33)26-11-9-21-5-1-3-7-24(21)17-26/h1-20H. The lowest BCUT2D eigenvalue weighted by molar-refractivity contribution is 0.620. The van der Waals surface area contributed by atoms with E-state index in [2.05, 4.69) is 97.1 Å². The van der Waals surface area contributed by atoms with Crippen LogP contribution in [-0.2, 0) is 0 Å². The van der Waals surface area contributed by atoms with Crippen molar-refractivity contribution >= 4 is 44.2 Å². The second-order valence-corrected chi connectivity index (χ2v) is 9.46. The zero-order valence-corrected chi connectivity index (χ0v) is 20.0. The van der Waals surface area contributed by atoms with Gasteiger partial charge in [-0.15, -0.1) is 0 Å². The van der Waals surface area contributed by atoms with Crippen molar-refractivity contribution in [3.8, 4) is 33.7 Å². The molecule has 36 heavy (non-hydrogen) atoms. The molecule has 3 heteroatoms. The number of aromatic nitrogens is 1. The van der Waals surface area contributed by atoms with Crippen LogP contribution < -0.4 is 0 Å². The molecule has 1 aromatic heterocycles. The zero-order chi connectivity index (χ0) is 24.1. The Morgan fingerprint density at radius 2 is 1.08 bits per heavy atom. The van der Waals surface area contributed by atoms with Gasteiger partial charge in [-0.1, -0.05) is 84.4 Å². The number of hydrogen-bond acceptors (Lipinski definition) is 2. The maximum atomic E-state index is 6.34. The van der Waals surface area contributed by atoms with Crippen molar-refractivity contribution in [3.05, 3.63) is 126 Å². The fraction of sp³-hybridized carbons (Fsp3) is 0. The van der Waals surface area contributed by atoms with E-state index in [0.717, 1.165) is 38.9 Å². The molecule has 0 unspecified atom stereocenters. The number of rotatable bonds is 3. The van der Waals surface area contributed by atoms with E-state index in [9.17, 15) is 0 Å². The summed E-state index contributed by atoms with van der Waals surface area (Å²) in [5.74, 6) is 0.583. The summed E-state index contributed by atoms with van der Waals surface area (Å²) in [4.78, 5) is 4.94. The Labute approximate surface area is 213 Å². The quantitative estimate of drug-likeness (QED) is 0.251. The van der Waals surface area contributed by atoms with Gasteiger partial charge in [0.25, 0.3) is 0 Å². The molecule has 0 spiro atoms. The first-order valence-corrected chi connectivity index (χ1v) is 12.3. The van der Waals surface area contributed by atoms with Crippen LogP contribution in [0.2, 0.25) is 5.02 Å². The van der Waals surface area contributed by atoms with Gasteiger partial charge < -0.3 is 4.42 Å². The molecule has 0 fully saturated rings. The molecule has 7 aromatic rings. The Morgan fingerprint density at radius 1 is 0.500 bits per heavy atom. The summed E-state index contributed by atoms with van der Waals surface area (Å²) in [6.07, 6.45) is 0. The first-order chi connectivity index (χ1) is 17.7. The lowest BCUT2D eigenvalue weighted by Crippen LogP contribution is -1.86. The third kappa shape index (κ3) is 3.64. The van der Waals surface area contributed by atoms with Crippen LogP contribution in [0, 0.1) is 0 Å². The SMILES string of the molecule is Clc1ccc(-c2nc3c(-c4ccc5ccccc5c4)cc(-c4ccc5ccccc5c4)cc3o2)cc1. The van der Waals surface area contributed by atoms with E-state index in [-0.39, 0.29) is 0 Å². The van der Waals surface area contributed by atoms with E-state index in [4.69, 9.17) is 21.0 Å². The lowest BCUT2D eigenvalue weighted by atomic mass is 9.95. The summed E-state index contributed by atoms with van der Waals surface area (Å²) in [7, 11) is 0. The predicted octanol–water partition coefficient (Wildman–Crippen LogP) is 9.79. The van der Waals surface area contributed by atoms with E-state index in [1.165, 1.54) is 21.5 Å². The molecule has 0 radical (unpaired) electrons. The summed E-state index contributed by atoms with van der Waals surface area (Å²) in [6.45, 7) is 0. The van der Waals surface area contributed by atoms with E-state index in [1.807, 2.05) is 24.3 Å². The van der Waals surface area contributed by atoms with Crippen LogP contribution >= 0.6 is 11.6 Å². The minimum absolute atomic E-state index is 0.583. The Bertz CT molecular complexity index is 1900. The van der Waals surface area contributed by atoms with E-state index >= 15 is 0 Å². The van der Waals surface area contributed by atoms with Gasteiger partial charge in [0.15, 0.2) is 5.58 Å². The first kappa shape index (κ1) is 20.9. The number of hydrogen-bond donors (Lipinski definition) is 0. The van der Waals surface area contributed by atoms with Crippen molar-refractivity contribution in [1.82, 2.24) is 4.98 Å². The van der Waals surface area contributed by atoms with E-state index < -0.39 is 0 Å². The van der Waals surface area contributed by atoms with Crippen molar-refractivity contribution in [2.24, 2.45) is 0 Å². The van der Waals surface area contributed by atoms with E-state index in [1.54, 1.807) is 0 Å². The minimum atomic E-state index is 0.583. The number of nitrogens with zero attached hydrogens (tertiary/aromatic N) is 1. The normalized spacial score (nSPS) is 11.5. The molecule has 0 aliphatic heterocycles. The molecule has 2 nitrogen and oxygen atoms in total. The highest BCUT2D eigenvalue weighted by molar-refractivity contribution is 6.30. The average molecular weight is 482 g/mol. The first-order valence-electron chi connectivity index (χ1n) is 11.9. The minimum Gasteiger partial charge on any atom is -0.436 e. The Kier molecular flexibility index (Phi) is 4.87. The van der Waals surface area contributed by atoms with Crippen molar-refractivity contribution in [1.29, 1.82) is 0 Å². The predicted molar refractivity (Wildman–Crippen MR) is 150 cm³/mol. The van der Waals surface area contributed by atoms with E-state index in [0.29, 0.717) is 10.9 Å². The van der Waals surface area contributed by atoms with Crippen molar-refractivity contribution in [2.75, 3.05) is 0 Å². The average Bonchev–Trinajstić information content (AvgIpc) is 3.36. The van der Waals surface area contributed by atoms with Crippen molar-refractivity contribution < 1.29 is 4.42 Å². The van der Waals surface area contributed by atoms with Gasteiger partial charge in [-0.05, 0) is 86.8 Å². The second kappa shape index (κ2) is 8.37. The largest absolute Gasteiger partial charge is 0.436 e. The summed E-state index contributed by atoms with van der Waals surface area (Å²) < 4.78 is 6.34. The molecular weight excluding hydrogens is 462 g/mol. The third-order valence-corrected chi connectivity index (χ3v) is 6.98. The molecule has 0 N–H and O–H groups in total. The van der Waals surface area contributed by atoms with Gasteiger partial charge >= 0.3 is 0 Å². The van der Waals surface area contributed by atoms with Gasteiger partial charge in [-0.3, -0.25) is 0 Å². The summed E-state index contributed by atoms with van der Waals surface area (Å²) in [6, 6.07) is 41.9. The summed E-state index contributed by atoms with van der Waals surface area (Å²) in [5.41, 5.74) is 6.89. The number of benzene rings is 6. The highest BCUT2D eigenvalue weighted by atomic mass is 35.5. The highest BCUT2D eigenvalue weighted by Crippen LogP contribution is 2.38. The third-order valence-electron chi connectivity index (χ3n) is 6.73. The maximum absolute atomic E-state index is 6.34. The molecule has 170 valence electrons. The number of fused-ring (bicyclic) bond motifs is 3. The topological polar surface area (TPSA) is 26.0 Å². The number of oxazole rings is 1. The molecule has 0 saturated carbocycles. The highest BCUT2D eigenvalue weighted by Gasteiger charge is 2.16. The van der Waals surface area contributed by atoms with Gasteiger partial charge in [0.05, 0.1) is 0 Å². The molecule has 0 saturated heterocycles. The second-order valence-electron chi connectivity index (χ2n) is 9.02. The Balaban J connectivity index is 1.47. The fourth-order valence-corrected chi connectivity index (χ4v) is 4.98. The van der Waals surface area contributed by atoms with Crippen LogP contribution in [0.15, 0.2) is 126 Å². The summed E-state index contributed by atoms with van der Waals surface area (Å²) in [5, 5.41) is 5.53. The Hall–Kier alpha value is -4.40. The molecule has 0 atom stereocenters. The van der Waals surface area contributed by atoms with Gasteiger partial charge in [-0.25, -0.2) is 4.98 Å². The van der Waals surface area contributed by atoms with Gasteiger partial charge in [-0.2, -0.15) is 0 Å². The van der Waals surface area contributed by atoms with Crippen LogP contribution in [0.4, 0.5) is 0 Å². The molecule has 7 rings (SSSR count).